The van der Waals surface area contributed by atoms with Gasteiger partial charge in [-0.1, -0.05) is 12.1 Å². The molecular weight excluding hydrogens is 287 g/mol. The van der Waals surface area contributed by atoms with Crippen molar-refractivity contribution in [1.82, 2.24) is 5.32 Å². The summed E-state index contributed by atoms with van der Waals surface area (Å²) in [6, 6.07) is 6.34. The third-order valence-corrected chi connectivity index (χ3v) is 2.49. The molecule has 0 aliphatic heterocycles. The van der Waals surface area contributed by atoms with Gasteiger partial charge in [-0.05, 0) is 24.6 Å². The van der Waals surface area contributed by atoms with Crippen LogP contribution in [0, 0.1) is 0 Å². The van der Waals surface area contributed by atoms with Crippen molar-refractivity contribution in [2.45, 2.75) is 19.1 Å². The Morgan fingerprint density at radius 1 is 1.33 bits per heavy atom. The molecule has 4 N–H and O–H groups in total. The van der Waals surface area contributed by atoms with E-state index in [2.05, 4.69) is 15.4 Å². The zero-order chi connectivity index (χ0) is 15.9. The van der Waals surface area contributed by atoms with E-state index in [1.807, 2.05) is 6.92 Å². The van der Waals surface area contributed by atoms with E-state index in [9.17, 15) is 18.0 Å². The van der Waals surface area contributed by atoms with Gasteiger partial charge in [-0.3, -0.25) is 0 Å². The highest BCUT2D eigenvalue weighted by atomic mass is 19.4. The molecule has 8 heteroatoms. The highest BCUT2D eigenvalue weighted by Crippen LogP contribution is 2.14. The Balaban J connectivity index is 2.24. The van der Waals surface area contributed by atoms with Crippen LogP contribution in [0.3, 0.4) is 0 Å². The lowest BCUT2D eigenvalue weighted by Gasteiger charge is -2.10. The lowest BCUT2D eigenvalue weighted by atomic mass is 10.1. The standard InChI is InChI=1S/C13H18F3N3O2/c1-9(17)10-2-4-11(5-3-10)19-12(20)18-6-7-21-8-13(14,15)16/h2-5,9H,6-8,17H2,1H3,(H2,18,19,20). The number of nitrogens with two attached hydrogens (primary N) is 1. The molecule has 1 aromatic carbocycles. The van der Waals surface area contributed by atoms with Gasteiger partial charge in [0.15, 0.2) is 0 Å². The second-order valence-electron chi connectivity index (χ2n) is 4.46. The molecular formula is C13H18F3N3O2. The summed E-state index contributed by atoms with van der Waals surface area (Å²) in [6.45, 7) is 0.293. The van der Waals surface area contributed by atoms with Crippen LogP contribution in [0.5, 0.6) is 0 Å². The van der Waals surface area contributed by atoms with Crippen LogP contribution in [0.15, 0.2) is 24.3 Å². The van der Waals surface area contributed by atoms with Crippen molar-refractivity contribution in [2.75, 3.05) is 25.1 Å². The molecule has 0 radical (unpaired) electrons. The van der Waals surface area contributed by atoms with Crippen LogP contribution in [0.25, 0.3) is 0 Å². The Morgan fingerprint density at radius 3 is 2.48 bits per heavy atom. The molecule has 2 amide bonds. The number of ether oxygens (including phenoxy) is 1. The van der Waals surface area contributed by atoms with E-state index in [1.54, 1.807) is 24.3 Å². The van der Waals surface area contributed by atoms with Gasteiger partial charge >= 0.3 is 12.2 Å². The normalized spacial score (nSPS) is 12.8. The summed E-state index contributed by atoms with van der Waals surface area (Å²) >= 11 is 0. The summed E-state index contributed by atoms with van der Waals surface area (Å²) in [7, 11) is 0. The maximum atomic E-state index is 11.8. The van der Waals surface area contributed by atoms with Crippen LogP contribution in [-0.2, 0) is 4.74 Å². The smallest absolute Gasteiger partial charge is 0.370 e. The van der Waals surface area contributed by atoms with E-state index in [-0.39, 0.29) is 19.2 Å². The average molecular weight is 305 g/mol. The molecule has 0 aliphatic rings. The molecule has 5 nitrogen and oxygen atoms in total. The van der Waals surface area contributed by atoms with Gasteiger partial charge in [-0.15, -0.1) is 0 Å². The monoisotopic (exact) mass is 305 g/mol. The summed E-state index contributed by atoms with van der Waals surface area (Å²) in [4.78, 5) is 11.5. The molecule has 1 atom stereocenters. The Labute approximate surface area is 120 Å². The number of benzene rings is 1. The van der Waals surface area contributed by atoms with E-state index in [0.29, 0.717) is 5.69 Å². The minimum Gasteiger partial charge on any atom is -0.370 e. The number of amides is 2. The first kappa shape index (κ1) is 17.3. The largest absolute Gasteiger partial charge is 0.411 e. The van der Waals surface area contributed by atoms with Gasteiger partial charge in [-0.2, -0.15) is 13.2 Å². The van der Waals surface area contributed by atoms with Gasteiger partial charge in [0.1, 0.15) is 6.61 Å². The lowest BCUT2D eigenvalue weighted by molar-refractivity contribution is -0.173. The van der Waals surface area contributed by atoms with Gasteiger partial charge in [0.2, 0.25) is 0 Å². The first-order valence-corrected chi connectivity index (χ1v) is 6.33. The second-order valence-corrected chi connectivity index (χ2v) is 4.46. The van der Waals surface area contributed by atoms with Crippen molar-refractivity contribution in [3.8, 4) is 0 Å². The third kappa shape index (κ3) is 7.52. The summed E-state index contributed by atoms with van der Waals surface area (Å²) in [5.41, 5.74) is 7.19. The average Bonchev–Trinajstić information content (AvgIpc) is 2.37. The molecule has 118 valence electrons. The molecule has 21 heavy (non-hydrogen) atoms. The fourth-order valence-corrected chi connectivity index (χ4v) is 1.47. The highest BCUT2D eigenvalue weighted by Gasteiger charge is 2.27. The summed E-state index contributed by atoms with van der Waals surface area (Å²) < 4.78 is 39.7. The molecule has 0 saturated carbocycles. The Bertz CT molecular complexity index is 447. The minimum absolute atomic E-state index is 0.0141. The Morgan fingerprint density at radius 2 is 1.95 bits per heavy atom. The van der Waals surface area contributed by atoms with Gasteiger partial charge < -0.3 is 21.1 Å². The predicted molar refractivity (Wildman–Crippen MR) is 72.9 cm³/mol. The molecule has 0 fully saturated rings. The second kappa shape index (κ2) is 7.84. The van der Waals surface area contributed by atoms with Crippen LogP contribution >= 0.6 is 0 Å². The van der Waals surface area contributed by atoms with Crippen molar-refractivity contribution in [3.63, 3.8) is 0 Å². The molecule has 0 bridgehead atoms. The molecule has 0 aromatic heterocycles. The van der Waals surface area contributed by atoms with Crippen LogP contribution in [0.1, 0.15) is 18.5 Å². The minimum atomic E-state index is -4.36. The van der Waals surface area contributed by atoms with Crippen molar-refractivity contribution >= 4 is 11.7 Å². The number of rotatable bonds is 6. The fraction of sp³-hybridized carbons (Fsp3) is 0.462. The van der Waals surface area contributed by atoms with E-state index in [1.165, 1.54) is 0 Å². The van der Waals surface area contributed by atoms with E-state index in [4.69, 9.17) is 5.73 Å². The van der Waals surface area contributed by atoms with Crippen molar-refractivity contribution in [2.24, 2.45) is 5.73 Å². The van der Waals surface area contributed by atoms with Crippen LogP contribution in [0.2, 0.25) is 0 Å². The molecule has 0 spiro atoms. The maximum Gasteiger partial charge on any atom is 0.411 e. The lowest BCUT2D eigenvalue weighted by Crippen LogP contribution is -2.32. The van der Waals surface area contributed by atoms with E-state index < -0.39 is 18.8 Å². The molecule has 0 aliphatic carbocycles. The SMILES string of the molecule is CC(N)c1ccc(NC(=O)NCCOCC(F)(F)F)cc1. The number of urea groups is 1. The molecule has 0 saturated heterocycles. The number of carbonyl (C=O) groups excluding carboxylic acids is 1. The van der Waals surface area contributed by atoms with Gasteiger partial charge in [0.05, 0.1) is 6.61 Å². The number of alkyl halides is 3. The van der Waals surface area contributed by atoms with Crippen LogP contribution in [0.4, 0.5) is 23.7 Å². The van der Waals surface area contributed by atoms with Crippen molar-refractivity contribution in [3.05, 3.63) is 29.8 Å². The molecule has 1 unspecified atom stereocenters. The number of hydrogen-bond acceptors (Lipinski definition) is 3. The Kier molecular flexibility index (Phi) is 6.44. The first-order chi connectivity index (χ1) is 9.78. The zero-order valence-corrected chi connectivity index (χ0v) is 11.5. The topological polar surface area (TPSA) is 76.4 Å². The number of nitrogens with one attached hydrogen (secondary N) is 2. The Hall–Kier alpha value is -1.80. The van der Waals surface area contributed by atoms with Crippen molar-refractivity contribution < 1.29 is 22.7 Å². The van der Waals surface area contributed by atoms with Crippen LogP contribution < -0.4 is 16.4 Å². The van der Waals surface area contributed by atoms with E-state index >= 15 is 0 Å². The van der Waals surface area contributed by atoms with Crippen molar-refractivity contribution in [1.29, 1.82) is 0 Å². The molecule has 0 heterocycles. The van der Waals surface area contributed by atoms with Crippen LogP contribution in [-0.4, -0.2) is 32.0 Å². The number of hydrogen-bond donors (Lipinski definition) is 3. The fourth-order valence-electron chi connectivity index (χ4n) is 1.47. The summed E-state index contributed by atoms with van der Waals surface area (Å²) in [5, 5.41) is 4.93. The van der Waals surface area contributed by atoms with Gasteiger partial charge in [0.25, 0.3) is 0 Å². The maximum absolute atomic E-state index is 11.8. The quantitative estimate of drug-likeness (QED) is 0.706. The third-order valence-electron chi connectivity index (χ3n) is 2.49. The van der Waals surface area contributed by atoms with Gasteiger partial charge in [-0.25, -0.2) is 4.79 Å². The zero-order valence-electron chi connectivity index (χ0n) is 11.5. The van der Waals surface area contributed by atoms with E-state index in [0.717, 1.165) is 5.56 Å². The highest BCUT2D eigenvalue weighted by molar-refractivity contribution is 5.89. The number of carbonyl (C=O) groups is 1. The first-order valence-electron chi connectivity index (χ1n) is 6.33. The summed E-state index contributed by atoms with van der Waals surface area (Å²) in [6.07, 6.45) is -4.36. The predicted octanol–water partition coefficient (Wildman–Crippen LogP) is 2.41. The number of halogens is 3. The molecule has 1 aromatic rings. The summed E-state index contributed by atoms with van der Waals surface area (Å²) in [5.74, 6) is 0. The number of anilines is 1. The van der Waals surface area contributed by atoms with Gasteiger partial charge in [0, 0.05) is 18.3 Å². The molecule has 1 rings (SSSR count).